The minimum absolute atomic E-state index is 0.0928. The summed E-state index contributed by atoms with van der Waals surface area (Å²) in [5, 5.41) is 2.86. The molecule has 1 amide bonds. The van der Waals surface area contributed by atoms with Crippen LogP contribution in [-0.4, -0.2) is 26.2 Å². The fourth-order valence-corrected chi connectivity index (χ4v) is 1.80. The molecule has 0 bridgehead atoms. The number of carbonyl (C=O) groups is 1. The summed E-state index contributed by atoms with van der Waals surface area (Å²) >= 11 is 0. The number of amides is 1. The van der Waals surface area contributed by atoms with E-state index in [2.05, 4.69) is 5.32 Å². The Kier molecular flexibility index (Phi) is 7.82. The number of halogens is 1. The van der Waals surface area contributed by atoms with Crippen molar-refractivity contribution in [1.29, 1.82) is 0 Å². The van der Waals surface area contributed by atoms with Crippen LogP contribution in [-0.2, 0) is 16.0 Å². The van der Waals surface area contributed by atoms with Crippen LogP contribution >= 0.6 is 0 Å². The van der Waals surface area contributed by atoms with E-state index in [0.29, 0.717) is 19.6 Å². The Bertz CT molecular complexity index is 365. The van der Waals surface area contributed by atoms with E-state index in [9.17, 15) is 9.18 Å². The molecule has 1 aromatic rings. The number of ether oxygens (including phenoxy) is 1. The van der Waals surface area contributed by atoms with E-state index in [4.69, 9.17) is 4.74 Å². The zero-order valence-corrected chi connectivity index (χ0v) is 11.5. The minimum Gasteiger partial charge on any atom is -0.385 e. The topological polar surface area (TPSA) is 38.3 Å². The fourth-order valence-electron chi connectivity index (χ4n) is 1.80. The van der Waals surface area contributed by atoms with Crippen LogP contribution in [0.4, 0.5) is 4.39 Å². The van der Waals surface area contributed by atoms with Gasteiger partial charge < -0.3 is 10.1 Å². The molecule has 106 valence electrons. The van der Waals surface area contributed by atoms with Crippen LogP contribution in [0.1, 0.15) is 31.2 Å². The molecule has 0 saturated carbocycles. The normalized spacial score (nSPS) is 10.4. The Labute approximate surface area is 114 Å². The van der Waals surface area contributed by atoms with E-state index in [0.717, 1.165) is 31.2 Å². The van der Waals surface area contributed by atoms with Crippen LogP contribution in [0.3, 0.4) is 0 Å². The van der Waals surface area contributed by atoms with Gasteiger partial charge in [0.05, 0.1) is 0 Å². The molecule has 0 radical (unpaired) electrons. The number of nitrogens with one attached hydrogen (secondary N) is 1. The summed E-state index contributed by atoms with van der Waals surface area (Å²) in [7, 11) is 1.65. The Morgan fingerprint density at radius 1 is 1.21 bits per heavy atom. The maximum Gasteiger partial charge on any atom is 0.219 e. The van der Waals surface area contributed by atoms with Crippen molar-refractivity contribution in [2.75, 3.05) is 20.3 Å². The number of unbranched alkanes of at least 4 members (excludes halogenated alkanes) is 1. The van der Waals surface area contributed by atoms with E-state index in [1.807, 2.05) is 0 Å². The molecule has 3 nitrogen and oxygen atoms in total. The van der Waals surface area contributed by atoms with Crippen LogP contribution in [0.5, 0.6) is 0 Å². The molecule has 4 heteroatoms. The molecule has 0 saturated heterocycles. The van der Waals surface area contributed by atoms with E-state index >= 15 is 0 Å². The van der Waals surface area contributed by atoms with Gasteiger partial charge in [-0.3, -0.25) is 4.79 Å². The molecule has 0 aromatic heterocycles. The average Bonchev–Trinajstić information content (AvgIpc) is 2.42. The zero-order chi connectivity index (χ0) is 13.9. The molecule has 0 atom stereocenters. The predicted molar refractivity (Wildman–Crippen MR) is 73.5 cm³/mol. The Balaban J connectivity index is 2.03. The molecule has 0 fully saturated rings. The number of carbonyl (C=O) groups excluding carboxylic acids is 1. The summed E-state index contributed by atoms with van der Waals surface area (Å²) in [5.74, 6) is -0.116. The third kappa shape index (κ3) is 7.57. The second-order valence-electron chi connectivity index (χ2n) is 4.53. The first-order valence-corrected chi connectivity index (χ1v) is 6.72. The molecule has 19 heavy (non-hydrogen) atoms. The van der Waals surface area contributed by atoms with Gasteiger partial charge in [-0.1, -0.05) is 12.1 Å². The molecule has 0 spiro atoms. The molecule has 1 aromatic carbocycles. The van der Waals surface area contributed by atoms with Crippen LogP contribution < -0.4 is 5.32 Å². The first kappa shape index (κ1) is 15.6. The lowest BCUT2D eigenvalue weighted by Crippen LogP contribution is -2.24. The maximum atomic E-state index is 12.7. The average molecular weight is 267 g/mol. The van der Waals surface area contributed by atoms with Gasteiger partial charge in [0.25, 0.3) is 0 Å². The summed E-state index contributed by atoms with van der Waals surface area (Å²) in [6, 6.07) is 6.52. The summed E-state index contributed by atoms with van der Waals surface area (Å²) in [5.41, 5.74) is 1.11. The molecule has 1 rings (SSSR count). The van der Waals surface area contributed by atoms with Crippen molar-refractivity contribution in [3.05, 3.63) is 35.6 Å². The number of aryl methyl sites for hydroxylation is 1. The molecule has 0 aliphatic heterocycles. The highest BCUT2D eigenvalue weighted by Crippen LogP contribution is 2.08. The van der Waals surface area contributed by atoms with Crippen molar-refractivity contribution in [3.63, 3.8) is 0 Å². The number of methoxy groups -OCH3 is 1. The van der Waals surface area contributed by atoms with Crippen molar-refractivity contribution in [3.8, 4) is 0 Å². The van der Waals surface area contributed by atoms with Gasteiger partial charge in [-0.2, -0.15) is 0 Å². The van der Waals surface area contributed by atoms with Gasteiger partial charge in [0.1, 0.15) is 5.82 Å². The quantitative estimate of drug-likeness (QED) is 0.699. The fraction of sp³-hybridized carbons (Fsp3) is 0.533. The van der Waals surface area contributed by atoms with E-state index < -0.39 is 0 Å². The van der Waals surface area contributed by atoms with E-state index in [1.54, 1.807) is 19.2 Å². The molecule has 0 aliphatic rings. The number of hydrogen-bond donors (Lipinski definition) is 1. The van der Waals surface area contributed by atoms with Gasteiger partial charge >= 0.3 is 0 Å². The third-order valence-electron chi connectivity index (χ3n) is 2.88. The highest BCUT2D eigenvalue weighted by Gasteiger charge is 2.01. The lowest BCUT2D eigenvalue weighted by Gasteiger charge is -2.05. The molecule has 0 unspecified atom stereocenters. The van der Waals surface area contributed by atoms with Crippen molar-refractivity contribution in [2.24, 2.45) is 0 Å². The lowest BCUT2D eigenvalue weighted by atomic mass is 10.1. The number of rotatable bonds is 9. The highest BCUT2D eigenvalue weighted by atomic mass is 19.1. The van der Waals surface area contributed by atoms with Gasteiger partial charge in [-0.05, 0) is 43.4 Å². The summed E-state index contributed by atoms with van der Waals surface area (Å²) < 4.78 is 17.6. The van der Waals surface area contributed by atoms with Crippen molar-refractivity contribution in [2.45, 2.75) is 32.1 Å². The van der Waals surface area contributed by atoms with Crippen molar-refractivity contribution < 1.29 is 13.9 Å². The third-order valence-corrected chi connectivity index (χ3v) is 2.88. The summed E-state index contributed by atoms with van der Waals surface area (Å²) in [6.07, 6.45) is 4.08. The Hall–Kier alpha value is -1.42. The number of hydrogen-bond acceptors (Lipinski definition) is 2. The molecular weight excluding hydrogens is 245 g/mol. The van der Waals surface area contributed by atoms with Crippen molar-refractivity contribution >= 4 is 5.91 Å². The maximum absolute atomic E-state index is 12.7. The molecule has 0 heterocycles. The van der Waals surface area contributed by atoms with Gasteiger partial charge in [-0.15, -0.1) is 0 Å². The van der Waals surface area contributed by atoms with E-state index in [-0.39, 0.29) is 11.7 Å². The highest BCUT2D eigenvalue weighted by molar-refractivity contribution is 5.75. The molecule has 0 aliphatic carbocycles. The van der Waals surface area contributed by atoms with Gasteiger partial charge in [-0.25, -0.2) is 4.39 Å². The second-order valence-corrected chi connectivity index (χ2v) is 4.53. The Morgan fingerprint density at radius 2 is 1.95 bits per heavy atom. The zero-order valence-electron chi connectivity index (χ0n) is 11.5. The smallest absolute Gasteiger partial charge is 0.219 e. The Morgan fingerprint density at radius 3 is 2.63 bits per heavy atom. The van der Waals surface area contributed by atoms with Crippen LogP contribution in [0.25, 0.3) is 0 Å². The van der Waals surface area contributed by atoms with E-state index in [1.165, 1.54) is 12.1 Å². The second kappa shape index (κ2) is 9.50. The van der Waals surface area contributed by atoms with Gasteiger partial charge in [0.2, 0.25) is 5.91 Å². The van der Waals surface area contributed by atoms with Crippen molar-refractivity contribution in [1.82, 2.24) is 5.32 Å². The number of benzene rings is 1. The van der Waals surface area contributed by atoms with Gasteiger partial charge in [0, 0.05) is 26.7 Å². The first-order chi connectivity index (χ1) is 9.22. The van der Waals surface area contributed by atoms with Crippen LogP contribution in [0, 0.1) is 5.82 Å². The minimum atomic E-state index is -0.209. The standard InChI is InChI=1S/C15H22FNO2/c1-19-12-4-11-17-15(18)6-3-2-5-13-7-9-14(16)10-8-13/h7-10H,2-6,11-12H2,1H3,(H,17,18). The predicted octanol–water partition coefficient (Wildman–Crippen LogP) is 2.69. The summed E-state index contributed by atoms with van der Waals surface area (Å²) in [4.78, 5) is 11.5. The monoisotopic (exact) mass is 267 g/mol. The largest absolute Gasteiger partial charge is 0.385 e. The van der Waals surface area contributed by atoms with Crippen LogP contribution in [0.2, 0.25) is 0 Å². The SMILES string of the molecule is COCCCNC(=O)CCCCc1ccc(F)cc1. The first-order valence-electron chi connectivity index (χ1n) is 6.72. The van der Waals surface area contributed by atoms with Crippen LogP contribution in [0.15, 0.2) is 24.3 Å². The van der Waals surface area contributed by atoms with Gasteiger partial charge in [0.15, 0.2) is 0 Å². The molecule has 1 N–H and O–H groups in total. The molecular formula is C15H22FNO2. The summed E-state index contributed by atoms with van der Waals surface area (Å²) in [6.45, 7) is 1.34. The lowest BCUT2D eigenvalue weighted by molar-refractivity contribution is -0.121.